The summed E-state index contributed by atoms with van der Waals surface area (Å²) >= 11 is 5.60. The Morgan fingerprint density at radius 2 is 1.94 bits per heavy atom. The molecule has 3 rings (SSSR count). The molecule has 160 valence electrons. The summed E-state index contributed by atoms with van der Waals surface area (Å²) in [5.74, 6) is -1.41. The molecule has 1 amide bonds. The SMILES string of the molecule is O=C(Cc1cccc(C(F)(F)F)c1)N/N=C\c1ccc(Oc2nc(Cl)ncc2F)cc1. The fourth-order valence-corrected chi connectivity index (χ4v) is 2.52. The Morgan fingerprint density at radius 1 is 1.19 bits per heavy atom. The van der Waals surface area contributed by atoms with Crippen molar-refractivity contribution in [1.82, 2.24) is 15.4 Å². The average molecular weight is 453 g/mol. The number of rotatable bonds is 6. The monoisotopic (exact) mass is 452 g/mol. The number of hydrazone groups is 1. The van der Waals surface area contributed by atoms with Crippen molar-refractivity contribution in [3.05, 3.63) is 82.5 Å². The van der Waals surface area contributed by atoms with Crippen molar-refractivity contribution in [3.8, 4) is 11.6 Å². The van der Waals surface area contributed by atoms with Crippen molar-refractivity contribution in [2.45, 2.75) is 12.6 Å². The first kappa shape index (κ1) is 22.2. The van der Waals surface area contributed by atoms with Crippen LogP contribution < -0.4 is 10.2 Å². The molecule has 0 radical (unpaired) electrons. The Morgan fingerprint density at radius 3 is 2.65 bits per heavy atom. The van der Waals surface area contributed by atoms with E-state index in [4.69, 9.17) is 16.3 Å². The molecule has 6 nitrogen and oxygen atoms in total. The third-order valence-corrected chi connectivity index (χ3v) is 3.98. The minimum Gasteiger partial charge on any atom is -0.436 e. The molecule has 0 atom stereocenters. The molecule has 0 saturated carbocycles. The van der Waals surface area contributed by atoms with E-state index >= 15 is 0 Å². The van der Waals surface area contributed by atoms with Crippen molar-refractivity contribution in [1.29, 1.82) is 0 Å². The number of benzene rings is 2. The molecular weight excluding hydrogens is 440 g/mol. The Labute approximate surface area is 178 Å². The van der Waals surface area contributed by atoms with Crippen LogP contribution in [0.2, 0.25) is 5.28 Å². The number of hydrogen-bond acceptors (Lipinski definition) is 5. The first-order valence-corrected chi connectivity index (χ1v) is 9.02. The van der Waals surface area contributed by atoms with E-state index in [1.54, 1.807) is 12.1 Å². The predicted octanol–water partition coefficient (Wildman–Crippen LogP) is 4.77. The summed E-state index contributed by atoms with van der Waals surface area (Å²) in [6, 6.07) is 10.7. The lowest BCUT2D eigenvalue weighted by Crippen LogP contribution is -2.20. The molecule has 11 heteroatoms. The van der Waals surface area contributed by atoms with Gasteiger partial charge in [-0.2, -0.15) is 27.6 Å². The van der Waals surface area contributed by atoms with Gasteiger partial charge in [-0.15, -0.1) is 0 Å². The van der Waals surface area contributed by atoms with Gasteiger partial charge in [0.05, 0.1) is 24.4 Å². The van der Waals surface area contributed by atoms with E-state index in [0.717, 1.165) is 18.3 Å². The number of nitrogens with one attached hydrogen (secondary N) is 1. The Bertz CT molecular complexity index is 1110. The predicted molar refractivity (Wildman–Crippen MR) is 104 cm³/mol. The summed E-state index contributed by atoms with van der Waals surface area (Å²) in [5.41, 5.74) is 2.20. The molecule has 31 heavy (non-hydrogen) atoms. The fourth-order valence-electron chi connectivity index (χ4n) is 2.40. The second-order valence-electron chi connectivity index (χ2n) is 6.13. The van der Waals surface area contributed by atoms with E-state index in [2.05, 4.69) is 20.5 Å². The molecule has 1 heterocycles. The van der Waals surface area contributed by atoms with E-state index < -0.39 is 23.5 Å². The van der Waals surface area contributed by atoms with Gasteiger partial charge in [0.1, 0.15) is 5.75 Å². The van der Waals surface area contributed by atoms with E-state index in [9.17, 15) is 22.4 Å². The van der Waals surface area contributed by atoms with E-state index in [-0.39, 0.29) is 28.9 Å². The van der Waals surface area contributed by atoms with Gasteiger partial charge in [-0.25, -0.2) is 10.4 Å². The second kappa shape index (κ2) is 9.52. The van der Waals surface area contributed by atoms with E-state index in [1.165, 1.54) is 30.5 Å². The zero-order chi connectivity index (χ0) is 22.4. The van der Waals surface area contributed by atoms with Crippen LogP contribution in [0.15, 0.2) is 59.8 Å². The molecule has 2 aromatic carbocycles. The van der Waals surface area contributed by atoms with Crippen LogP contribution in [0.25, 0.3) is 0 Å². The lowest BCUT2D eigenvalue weighted by Gasteiger charge is -2.08. The van der Waals surface area contributed by atoms with Gasteiger partial charge in [-0.1, -0.05) is 18.2 Å². The molecule has 0 bridgehead atoms. The maximum Gasteiger partial charge on any atom is 0.416 e. The zero-order valence-corrected chi connectivity index (χ0v) is 16.3. The summed E-state index contributed by atoms with van der Waals surface area (Å²) in [4.78, 5) is 19.0. The number of carbonyl (C=O) groups excluding carboxylic acids is 1. The topological polar surface area (TPSA) is 76.5 Å². The average Bonchev–Trinajstić information content (AvgIpc) is 2.71. The van der Waals surface area contributed by atoms with Crippen molar-refractivity contribution < 1.29 is 27.1 Å². The van der Waals surface area contributed by atoms with Crippen LogP contribution >= 0.6 is 11.6 Å². The Kier molecular flexibility index (Phi) is 6.81. The quantitative estimate of drug-likeness (QED) is 0.253. The minimum atomic E-state index is -4.48. The summed E-state index contributed by atoms with van der Waals surface area (Å²) in [7, 11) is 0. The van der Waals surface area contributed by atoms with Gasteiger partial charge < -0.3 is 4.74 Å². The highest BCUT2D eigenvalue weighted by molar-refractivity contribution is 6.28. The number of hydrogen-bond donors (Lipinski definition) is 1. The molecule has 0 aliphatic carbocycles. The van der Waals surface area contributed by atoms with Gasteiger partial charge >= 0.3 is 6.18 Å². The van der Waals surface area contributed by atoms with Gasteiger partial charge in [0.25, 0.3) is 5.88 Å². The van der Waals surface area contributed by atoms with Gasteiger partial charge in [0.15, 0.2) is 0 Å². The van der Waals surface area contributed by atoms with Crippen LogP contribution in [0.5, 0.6) is 11.6 Å². The highest BCUT2D eigenvalue weighted by Gasteiger charge is 2.30. The molecule has 0 spiro atoms. The second-order valence-corrected chi connectivity index (χ2v) is 6.47. The van der Waals surface area contributed by atoms with Gasteiger partial charge in [-0.05, 0) is 53.1 Å². The lowest BCUT2D eigenvalue weighted by atomic mass is 10.1. The lowest BCUT2D eigenvalue weighted by molar-refractivity contribution is -0.137. The maximum absolute atomic E-state index is 13.6. The van der Waals surface area contributed by atoms with Crippen LogP contribution in [0, 0.1) is 5.82 Å². The van der Waals surface area contributed by atoms with Crippen LogP contribution in [0.4, 0.5) is 17.6 Å². The minimum absolute atomic E-state index is 0.166. The van der Waals surface area contributed by atoms with Crippen molar-refractivity contribution in [3.63, 3.8) is 0 Å². The molecule has 0 aliphatic rings. The zero-order valence-electron chi connectivity index (χ0n) is 15.5. The molecule has 3 aromatic rings. The van der Waals surface area contributed by atoms with Crippen molar-refractivity contribution in [2.75, 3.05) is 0 Å². The fraction of sp³-hybridized carbons (Fsp3) is 0.100. The first-order chi connectivity index (χ1) is 14.7. The molecule has 0 fully saturated rings. The third-order valence-electron chi connectivity index (χ3n) is 3.80. The van der Waals surface area contributed by atoms with Gasteiger partial charge in [0.2, 0.25) is 17.0 Å². The molecule has 0 aliphatic heterocycles. The Balaban J connectivity index is 1.55. The third kappa shape index (κ3) is 6.48. The number of nitrogens with zero attached hydrogens (tertiary/aromatic N) is 3. The molecular formula is C20H13ClF4N4O2. The largest absolute Gasteiger partial charge is 0.436 e. The number of aromatic nitrogens is 2. The van der Waals surface area contributed by atoms with Crippen LogP contribution in [0.3, 0.4) is 0 Å². The standard InChI is InChI=1S/C20H13ClF4N4O2/c21-19-26-11-16(22)18(28-19)31-15-6-4-12(5-7-15)10-27-29-17(30)9-13-2-1-3-14(8-13)20(23,24)25/h1-8,10-11H,9H2,(H,29,30)/b27-10-. The number of carbonyl (C=O) groups is 1. The van der Waals surface area contributed by atoms with E-state index in [0.29, 0.717) is 5.56 Å². The van der Waals surface area contributed by atoms with Gasteiger partial charge in [0, 0.05) is 0 Å². The molecule has 0 unspecified atom stereocenters. The summed E-state index contributed by atoms with van der Waals surface area (Å²) < 4.78 is 57.0. The summed E-state index contributed by atoms with van der Waals surface area (Å²) in [6.07, 6.45) is -2.53. The number of amides is 1. The molecule has 1 N–H and O–H groups in total. The molecule has 1 aromatic heterocycles. The van der Waals surface area contributed by atoms with Crippen LogP contribution in [0.1, 0.15) is 16.7 Å². The van der Waals surface area contributed by atoms with E-state index in [1.807, 2.05) is 0 Å². The Hall–Kier alpha value is -3.53. The van der Waals surface area contributed by atoms with Gasteiger partial charge in [-0.3, -0.25) is 4.79 Å². The van der Waals surface area contributed by atoms with Crippen molar-refractivity contribution >= 4 is 23.7 Å². The normalized spacial score (nSPS) is 11.5. The first-order valence-electron chi connectivity index (χ1n) is 8.65. The molecule has 0 saturated heterocycles. The van der Waals surface area contributed by atoms with Crippen LogP contribution in [-0.4, -0.2) is 22.1 Å². The van der Waals surface area contributed by atoms with Crippen molar-refractivity contribution in [2.24, 2.45) is 5.10 Å². The smallest absolute Gasteiger partial charge is 0.416 e. The number of halogens is 5. The highest BCUT2D eigenvalue weighted by Crippen LogP contribution is 2.29. The number of alkyl halides is 3. The summed E-state index contributed by atoms with van der Waals surface area (Å²) in [6.45, 7) is 0. The maximum atomic E-state index is 13.6. The number of ether oxygens (including phenoxy) is 1. The highest BCUT2D eigenvalue weighted by atomic mass is 35.5. The summed E-state index contributed by atoms with van der Waals surface area (Å²) in [5, 5.41) is 3.60. The van der Waals surface area contributed by atoms with Crippen LogP contribution in [-0.2, 0) is 17.4 Å².